The fourth-order valence-electron chi connectivity index (χ4n) is 5.61. The number of halogens is 1. The van der Waals surface area contributed by atoms with Crippen LogP contribution >= 0.6 is 11.6 Å². The predicted octanol–water partition coefficient (Wildman–Crippen LogP) is 4.65. The van der Waals surface area contributed by atoms with Gasteiger partial charge in [-0.25, -0.2) is 4.68 Å². The Morgan fingerprint density at radius 1 is 1.03 bits per heavy atom. The van der Waals surface area contributed by atoms with Crippen molar-refractivity contribution >= 4 is 28.2 Å². The van der Waals surface area contributed by atoms with Crippen molar-refractivity contribution in [3.63, 3.8) is 0 Å². The molecule has 1 fully saturated rings. The summed E-state index contributed by atoms with van der Waals surface area (Å²) in [5.41, 5.74) is 5.85. The molecule has 1 saturated heterocycles. The number of piperazine rings is 1. The molecule has 39 heavy (non-hydrogen) atoms. The number of nitrogens with one attached hydrogen (secondary N) is 1. The predicted molar refractivity (Wildman–Crippen MR) is 151 cm³/mol. The summed E-state index contributed by atoms with van der Waals surface area (Å²) in [7, 11) is 0. The highest BCUT2D eigenvalue weighted by Gasteiger charge is 2.33. The Morgan fingerprint density at radius 2 is 1.85 bits per heavy atom. The average molecular weight is 544 g/mol. The van der Waals surface area contributed by atoms with Gasteiger partial charge in [0, 0.05) is 53.4 Å². The van der Waals surface area contributed by atoms with Crippen molar-refractivity contribution in [2.24, 2.45) is 0 Å². The van der Waals surface area contributed by atoms with Gasteiger partial charge in [0.1, 0.15) is 18.3 Å². The first-order chi connectivity index (χ1) is 18.9. The zero-order chi connectivity index (χ0) is 27.1. The van der Waals surface area contributed by atoms with Crippen molar-refractivity contribution < 1.29 is 4.42 Å². The molecular weight excluding hydrogens is 514 g/mol. The Balaban J connectivity index is 1.40. The maximum absolute atomic E-state index is 13.6. The van der Waals surface area contributed by atoms with Crippen LogP contribution in [0.25, 0.3) is 10.9 Å². The van der Waals surface area contributed by atoms with Crippen LogP contribution in [0.5, 0.6) is 0 Å². The number of nitrogens with zero attached hydrogens (tertiary/aromatic N) is 6. The van der Waals surface area contributed by atoms with Gasteiger partial charge in [-0.15, -0.1) is 5.10 Å². The molecule has 0 radical (unpaired) electrons. The highest BCUT2D eigenvalue weighted by Crippen LogP contribution is 2.31. The van der Waals surface area contributed by atoms with Gasteiger partial charge in [0.2, 0.25) is 0 Å². The molecule has 2 aromatic carbocycles. The van der Waals surface area contributed by atoms with Crippen LogP contribution in [-0.4, -0.2) is 56.3 Å². The largest absolute Gasteiger partial charge is 0.467 e. The quantitative estimate of drug-likeness (QED) is 0.333. The number of furan rings is 1. The fraction of sp³-hybridized carbons (Fsp3) is 0.310. The number of hydrogen-bond acceptors (Lipinski definition) is 7. The second-order valence-electron chi connectivity index (χ2n) is 10.2. The van der Waals surface area contributed by atoms with E-state index in [1.54, 1.807) is 10.9 Å². The minimum absolute atomic E-state index is 0.141. The number of aryl methyl sites for hydroxylation is 3. The molecule has 4 heterocycles. The van der Waals surface area contributed by atoms with Crippen molar-refractivity contribution in [1.29, 1.82) is 0 Å². The molecular formula is C29H30ClN7O2. The Bertz CT molecular complexity index is 1680. The van der Waals surface area contributed by atoms with Crippen molar-refractivity contribution in [2.75, 3.05) is 31.1 Å². The monoisotopic (exact) mass is 543 g/mol. The van der Waals surface area contributed by atoms with E-state index in [-0.39, 0.29) is 5.56 Å². The topological polar surface area (TPSA) is 96.1 Å². The zero-order valence-corrected chi connectivity index (χ0v) is 22.9. The van der Waals surface area contributed by atoms with E-state index in [2.05, 4.69) is 50.2 Å². The molecule has 0 saturated carbocycles. The summed E-state index contributed by atoms with van der Waals surface area (Å²) in [5.74, 6) is 1.34. The first-order valence-corrected chi connectivity index (χ1v) is 13.4. The lowest BCUT2D eigenvalue weighted by atomic mass is 9.99. The second-order valence-corrected chi connectivity index (χ2v) is 10.7. The zero-order valence-electron chi connectivity index (χ0n) is 22.2. The Labute approximate surface area is 231 Å². The molecule has 0 amide bonds. The van der Waals surface area contributed by atoms with E-state index in [4.69, 9.17) is 16.0 Å². The molecule has 0 spiro atoms. The molecule has 1 atom stereocenters. The lowest BCUT2D eigenvalue weighted by molar-refractivity contribution is 0.200. The van der Waals surface area contributed by atoms with Crippen LogP contribution in [-0.2, 0) is 6.54 Å². The number of tetrazole rings is 1. The first-order valence-electron chi connectivity index (χ1n) is 13.0. The van der Waals surface area contributed by atoms with Crippen LogP contribution in [0.3, 0.4) is 0 Å². The molecule has 5 aromatic rings. The van der Waals surface area contributed by atoms with E-state index >= 15 is 0 Å². The molecule has 1 aliphatic rings. The summed E-state index contributed by atoms with van der Waals surface area (Å²) in [4.78, 5) is 21.4. The molecule has 6 rings (SSSR count). The van der Waals surface area contributed by atoms with Crippen LogP contribution in [0.1, 0.15) is 39.9 Å². The molecule has 200 valence electrons. The van der Waals surface area contributed by atoms with E-state index in [0.717, 1.165) is 51.6 Å². The number of hydrogen-bond donors (Lipinski definition) is 1. The molecule has 0 unspecified atom stereocenters. The van der Waals surface area contributed by atoms with Crippen LogP contribution < -0.4 is 10.5 Å². The minimum atomic E-state index is -0.438. The number of pyridine rings is 1. The van der Waals surface area contributed by atoms with Gasteiger partial charge >= 0.3 is 0 Å². The number of anilines is 1. The maximum Gasteiger partial charge on any atom is 0.253 e. The van der Waals surface area contributed by atoms with Gasteiger partial charge < -0.3 is 14.3 Å². The van der Waals surface area contributed by atoms with Gasteiger partial charge in [-0.1, -0.05) is 23.7 Å². The molecule has 3 aromatic heterocycles. The maximum atomic E-state index is 13.6. The van der Waals surface area contributed by atoms with E-state index in [9.17, 15) is 4.79 Å². The van der Waals surface area contributed by atoms with E-state index in [1.807, 2.05) is 49.4 Å². The van der Waals surface area contributed by atoms with Crippen molar-refractivity contribution in [2.45, 2.75) is 33.4 Å². The number of aromatic amines is 1. The summed E-state index contributed by atoms with van der Waals surface area (Å²) in [6.07, 6.45) is 1.63. The molecule has 10 heteroatoms. The highest BCUT2D eigenvalue weighted by molar-refractivity contribution is 6.30. The van der Waals surface area contributed by atoms with Gasteiger partial charge in [0.15, 0.2) is 5.82 Å². The van der Waals surface area contributed by atoms with Crippen molar-refractivity contribution in [3.05, 3.63) is 104 Å². The third-order valence-corrected chi connectivity index (χ3v) is 7.75. The smallest absolute Gasteiger partial charge is 0.253 e. The Kier molecular flexibility index (Phi) is 6.70. The summed E-state index contributed by atoms with van der Waals surface area (Å²) in [6.45, 7) is 9.57. The minimum Gasteiger partial charge on any atom is -0.467 e. The van der Waals surface area contributed by atoms with E-state index < -0.39 is 6.04 Å². The summed E-state index contributed by atoms with van der Waals surface area (Å²) in [6, 6.07) is 15.4. The Hall–Kier alpha value is -3.95. The SMILES string of the molecule is Cc1cc(C)c2cc([C@@H](c3nnnn3Cc3ccco3)N3CCN(c4cc(Cl)ccc4C)CC3)c(=O)[nH]c2c1. The normalized spacial score (nSPS) is 15.2. The van der Waals surface area contributed by atoms with Gasteiger partial charge in [-0.2, -0.15) is 0 Å². The summed E-state index contributed by atoms with van der Waals surface area (Å²) < 4.78 is 7.29. The average Bonchev–Trinajstić information content (AvgIpc) is 3.59. The van der Waals surface area contributed by atoms with Crippen LogP contribution in [0.4, 0.5) is 5.69 Å². The molecule has 9 nitrogen and oxygen atoms in total. The number of rotatable bonds is 6. The lowest BCUT2D eigenvalue weighted by Gasteiger charge is -2.40. The standard InChI is InChI=1S/C29H30ClN7O2/c1-18-13-20(3)23-16-24(29(38)31-25(23)14-18)27(28-32-33-34-37(28)17-22-5-4-12-39-22)36-10-8-35(9-11-36)26-15-21(30)7-6-19(26)2/h4-7,12-16,27H,8-11,17H2,1-3H3,(H,31,38)/t27-/m0/s1. The molecule has 0 bridgehead atoms. The number of aromatic nitrogens is 5. The van der Waals surface area contributed by atoms with Crippen LogP contribution in [0.2, 0.25) is 5.02 Å². The van der Waals surface area contributed by atoms with Gasteiger partial charge in [0.25, 0.3) is 5.56 Å². The highest BCUT2D eigenvalue weighted by atomic mass is 35.5. The first kappa shape index (κ1) is 25.3. The van der Waals surface area contributed by atoms with Gasteiger partial charge in [0.05, 0.1) is 6.26 Å². The number of H-pyrrole nitrogens is 1. The fourth-order valence-corrected chi connectivity index (χ4v) is 5.77. The lowest BCUT2D eigenvalue weighted by Crippen LogP contribution is -2.49. The third-order valence-electron chi connectivity index (χ3n) is 7.52. The molecule has 1 aliphatic heterocycles. The molecule has 0 aliphatic carbocycles. The summed E-state index contributed by atoms with van der Waals surface area (Å²) in [5, 5.41) is 14.5. The van der Waals surface area contributed by atoms with Gasteiger partial charge in [-0.05, 0) is 84.3 Å². The van der Waals surface area contributed by atoms with E-state index in [1.165, 1.54) is 5.56 Å². The number of benzene rings is 2. The van der Waals surface area contributed by atoms with Gasteiger partial charge in [-0.3, -0.25) is 9.69 Å². The van der Waals surface area contributed by atoms with E-state index in [0.29, 0.717) is 31.0 Å². The second kappa shape index (κ2) is 10.3. The van der Waals surface area contributed by atoms with Crippen molar-refractivity contribution in [3.8, 4) is 0 Å². The van der Waals surface area contributed by atoms with Crippen LogP contribution in [0.15, 0.2) is 64.0 Å². The number of fused-ring (bicyclic) bond motifs is 1. The third kappa shape index (κ3) is 4.95. The van der Waals surface area contributed by atoms with Crippen molar-refractivity contribution in [1.82, 2.24) is 30.1 Å². The van der Waals surface area contributed by atoms with Crippen LogP contribution in [0, 0.1) is 20.8 Å². The Morgan fingerprint density at radius 3 is 2.62 bits per heavy atom. The summed E-state index contributed by atoms with van der Waals surface area (Å²) >= 11 is 6.32. The molecule has 1 N–H and O–H groups in total.